The number of benzene rings is 2. The van der Waals surface area contributed by atoms with E-state index < -0.39 is 23.8 Å². The van der Waals surface area contributed by atoms with E-state index in [-0.39, 0.29) is 17.1 Å². The third-order valence-corrected chi connectivity index (χ3v) is 3.63. The van der Waals surface area contributed by atoms with Gasteiger partial charge in [-0.1, -0.05) is 29.8 Å². The lowest BCUT2D eigenvalue weighted by molar-refractivity contribution is -0.152. The Morgan fingerprint density at radius 1 is 1.24 bits per heavy atom. The van der Waals surface area contributed by atoms with Gasteiger partial charge < -0.3 is 14.8 Å². The summed E-state index contributed by atoms with van der Waals surface area (Å²) in [6.07, 6.45) is -1.13. The van der Waals surface area contributed by atoms with Crippen LogP contribution in [0.4, 0.5) is 10.1 Å². The van der Waals surface area contributed by atoms with Crippen LogP contribution in [0.25, 0.3) is 0 Å². The third-order valence-electron chi connectivity index (χ3n) is 3.39. The van der Waals surface area contributed by atoms with E-state index in [1.807, 2.05) is 0 Å². The highest BCUT2D eigenvalue weighted by Gasteiger charge is 2.20. The van der Waals surface area contributed by atoms with Gasteiger partial charge in [-0.15, -0.1) is 0 Å². The Hall–Kier alpha value is -2.60. The number of hydrogen-bond donors (Lipinski definition) is 1. The molecular weight excluding hydrogens is 349 g/mol. The third kappa shape index (κ3) is 5.19. The first-order valence-electron chi connectivity index (χ1n) is 7.48. The molecule has 7 heteroatoms. The Morgan fingerprint density at radius 2 is 1.96 bits per heavy atom. The highest BCUT2D eigenvalue weighted by Crippen LogP contribution is 2.20. The number of methoxy groups -OCH3 is 1. The molecule has 0 saturated heterocycles. The molecular formula is C18H17ClFNO4. The number of amides is 1. The lowest BCUT2D eigenvalue weighted by Crippen LogP contribution is -2.30. The maximum absolute atomic E-state index is 13.7. The molecule has 5 nitrogen and oxygen atoms in total. The Bertz CT molecular complexity index is 781. The average Bonchev–Trinajstić information content (AvgIpc) is 2.57. The van der Waals surface area contributed by atoms with Crippen molar-refractivity contribution < 1.29 is 23.5 Å². The number of ether oxygens (including phenoxy) is 2. The zero-order chi connectivity index (χ0) is 18.4. The summed E-state index contributed by atoms with van der Waals surface area (Å²) in [6, 6.07) is 10.9. The molecule has 1 atom stereocenters. The number of para-hydroxylation sites is 1. The van der Waals surface area contributed by atoms with Gasteiger partial charge in [-0.2, -0.15) is 0 Å². The second kappa shape index (κ2) is 8.48. The van der Waals surface area contributed by atoms with Crippen molar-refractivity contribution >= 4 is 29.2 Å². The number of carbonyl (C=O) groups is 2. The zero-order valence-corrected chi connectivity index (χ0v) is 14.5. The summed E-state index contributed by atoms with van der Waals surface area (Å²) in [5, 5.41) is 2.57. The van der Waals surface area contributed by atoms with Crippen LogP contribution in [0.1, 0.15) is 12.5 Å². The molecule has 0 aliphatic carbocycles. The topological polar surface area (TPSA) is 64.6 Å². The van der Waals surface area contributed by atoms with Crippen LogP contribution < -0.4 is 10.1 Å². The predicted octanol–water partition coefficient (Wildman–Crippen LogP) is 3.60. The van der Waals surface area contributed by atoms with Crippen molar-refractivity contribution in [2.75, 3.05) is 12.4 Å². The summed E-state index contributed by atoms with van der Waals surface area (Å²) in [7, 11) is 1.50. The minimum atomic E-state index is -1.09. The smallest absolute Gasteiger partial charge is 0.311 e. The number of rotatable bonds is 6. The Morgan fingerprint density at radius 3 is 2.64 bits per heavy atom. The van der Waals surface area contributed by atoms with Crippen molar-refractivity contribution in [3.05, 3.63) is 58.9 Å². The summed E-state index contributed by atoms with van der Waals surface area (Å²) in [6.45, 7) is 1.41. The normalized spacial score (nSPS) is 11.5. The number of carbonyl (C=O) groups excluding carboxylic acids is 2. The minimum Gasteiger partial charge on any atom is -0.496 e. The first-order valence-corrected chi connectivity index (χ1v) is 7.85. The van der Waals surface area contributed by atoms with Crippen molar-refractivity contribution in [1.29, 1.82) is 0 Å². The molecule has 0 radical (unpaired) electrons. The van der Waals surface area contributed by atoms with Gasteiger partial charge in [-0.25, -0.2) is 4.39 Å². The Labute approximate surface area is 149 Å². The summed E-state index contributed by atoms with van der Waals surface area (Å²) in [5.74, 6) is -1.36. The van der Waals surface area contributed by atoms with Crippen LogP contribution in [0.15, 0.2) is 42.5 Å². The van der Waals surface area contributed by atoms with E-state index in [1.165, 1.54) is 26.2 Å². The highest BCUT2D eigenvalue weighted by molar-refractivity contribution is 6.30. The van der Waals surface area contributed by atoms with Gasteiger partial charge in [0.15, 0.2) is 6.10 Å². The maximum atomic E-state index is 13.7. The molecule has 0 spiro atoms. The molecule has 0 aliphatic rings. The largest absolute Gasteiger partial charge is 0.496 e. The van der Waals surface area contributed by atoms with Gasteiger partial charge in [0.1, 0.15) is 11.6 Å². The van der Waals surface area contributed by atoms with E-state index in [2.05, 4.69) is 5.32 Å². The SMILES string of the molecule is COc1ccccc1CC(=O)O[C@H](C)C(=O)Nc1ccc(Cl)cc1F. The van der Waals surface area contributed by atoms with Crippen LogP contribution in [0.2, 0.25) is 5.02 Å². The molecule has 2 aromatic carbocycles. The molecule has 0 aromatic heterocycles. The van der Waals surface area contributed by atoms with Crippen molar-refractivity contribution in [2.24, 2.45) is 0 Å². The van der Waals surface area contributed by atoms with Gasteiger partial charge in [-0.3, -0.25) is 9.59 Å². The van der Waals surface area contributed by atoms with Crippen molar-refractivity contribution in [1.82, 2.24) is 0 Å². The maximum Gasteiger partial charge on any atom is 0.311 e. The second-order valence-corrected chi connectivity index (χ2v) is 5.67. The average molecular weight is 366 g/mol. The molecule has 1 N–H and O–H groups in total. The Kier molecular flexibility index (Phi) is 6.36. The van der Waals surface area contributed by atoms with E-state index in [0.717, 1.165) is 6.07 Å². The van der Waals surface area contributed by atoms with Crippen molar-refractivity contribution in [2.45, 2.75) is 19.4 Å². The van der Waals surface area contributed by atoms with Crippen LogP contribution in [0.3, 0.4) is 0 Å². The van der Waals surface area contributed by atoms with Gasteiger partial charge >= 0.3 is 5.97 Å². The molecule has 0 unspecified atom stereocenters. The van der Waals surface area contributed by atoms with Crippen LogP contribution in [-0.4, -0.2) is 25.1 Å². The van der Waals surface area contributed by atoms with E-state index >= 15 is 0 Å². The first-order chi connectivity index (χ1) is 11.9. The van der Waals surface area contributed by atoms with E-state index in [1.54, 1.807) is 24.3 Å². The molecule has 0 bridgehead atoms. The monoisotopic (exact) mass is 365 g/mol. The molecule has 132 valence electrons. The van der Waals surface area contributed by atoms with E-state index in [4.69, 9.17) is 21.1 Å². The number of nitrogens with one attached hydrogen (secondary N) is 1. The molecule has 1 amide bonds. The number of halogens is 2. The lowest BCUT2D eigenvalue weighted by Gasteiger charge is -2.14. The molecule has 0 saturated carbocycles. The molecule has 2 rings (SSSR count). The van der Waals surface area contributed by atoms with E-state index in [9.17, 15) is 14.0 Å². The quantitative estimate of drug-likeness (QED) is 0.794. The molecule has 0 heterocycles. The fourth-order valence-corrected chi connectivity index (χ4v) is 2.28. The van der Waals surface area contributed by atoms with Gasteiger partial charge in [0, 0.05) is 10.6 Å². The number of anilines is 1. The summed E-state index contributed by atoms with van der Waals surface area (Å²) < 4.78 is 23.9. The second-order valence-electron chi connectivity index (χ2n) is 5.23. The van der Waals surface area contributed by atoms with Gasteiger partial charge in [0.05, 0.1) is 19.2 Å². The molecule has 0 fully saturated rings. The molecule has 2 aromatic rings. The predicted molar refractivity (Wildman–Crippen MR) is 92.3 cm³/mol. The fraction of sp³-hybridized carbons (Fsp3) is 0.222. The first kappa shape index (κ1) is 18.7. The number of esters is 1. The van der Waals surface area contributed by atoms with Gasteiger partial charge in [0.25, 0.3) is 5.91 Å². The standard InChI is InChI=1S/C18H17ClFNO4/c1-11(18(23)21-15-8-7-13(19)10-14(15)20)25-17(22)9-12-5-3-4-6-16(12)24-2/h3-8,10-11H,9H2,1-2H3,(H,21,23)/t11-/m1/s1. The van der Waals surface area contributed by atoms with Crippen LogP contribution >= 0.6 is 11.6 Å². The summed E-state index contributed by atoms with van der Waals surface area (Å²) in [4.78, 5) is 24.1. The van der Waals surface area contributed by atoms with Crippen molar-refractivity contribution in [3.63, 3.8) is 0 Å². The van der Waals surface area contributed by atoms with Gasteiger partial charge in [-0.05, 0) is 31.2 Å². The van der Waals surface area contributed by atoms with Crippen molar-refractivity contribution in [3.8, 4) is 5.75 Å². The summed E-state index contributed by atoms with van der Waals surface area (Å²) in [5.41, 5.74) is 0.605. The Balaban J connectivity index is 1.95. The van der Waals surface area contributed by atoms with E-state index in [0.29, 0.717) is 11.3 Å². The van der Waals surface area contributed by atoms with Crippen LogP contribution in [-0.2, 0) is 20.7 Å². The highest BCUT2D eigenvalue weighted by atomic mass is 35.5. The summed E-state index contributed by atoms with van der Waals surface area (Å²) >= 11 is 5.65. The van der Waals surface area contributed by atoms with Gasteiger partial charge in [0.2, 0.25) is 0 Å². The minimum absolute atomic E-state index is 0.0398. The molecule has 25 heavy (non-hydrogen) atoms. The zero-order valence-electron chi connectivity index (χ0n) is 13.7. The lowest BCUT2D eigenvalue weighted by atomic mass is 10.1. The number of hydrogen-bond acceptors (Lipinski definition) is 4. The van der Waals surface area contributed by atoms with Crippen LogP contribution in [0, 0.1) is 5.82 Å². The van der Waals surface area contributed by atoms with Crippen LogP contribution in [0.5, 0.6) is 5.75 Å². The fourth-order valence-electron chi connectivity index (χ4n) is 2.12. The molecule has 0 aliphatic heterocycles.